The van der Waals surface area contributed by atoms with E-state index in [1.807, 2.05) is 182 Å². The van der Waals surface area contributed by atoms with Gasteiger partial charge in [0.15, 0.2) is 0 Å². The van der Waals surface area contributed by atoms with Crippen LogP contribution in [0.4, 0.5) is 0 Å². The van der Waals surface area contributed by atoms with Crippen LogP contribution in [0, 0.1) is 0 Å². The summed E-state index contributed by atoms with van der Waals surface area (Å²) in [6.45, 7) is 2.32. The number of benzene rings is 6. The van der Waals surface area contributed by atoms with Crippen LogP contribution in [0.25, 0.3) is 0 Å². The molecule has 10 nitrogen and oxygen atoms in total. The molecule has 0 radical (unpaired) electrons. The van der Waals surface area contributed by atoms with E-state index < -0.39 is 28.8 Å². The van der Waals surface area contributed by atoms with Gasteiger partial charge in [0, 0.05) is 11.6 Å². The number of ketones is 2. The average Bonchev–Trinajstić information content (AvgIpc) is 3.21. The summed E-state index contributed by atoms with van der Waals surface area (Å²) in [4.78, 5) is 36.8. The van der Waals surface area contributed by atoms with Gasteiger partial charge >= 0.3 is 36.7 Å². The third-order valence-electron chi connectivity index (χ3n) is 5.83. The van der Waals surface area contributed by atoms with Crippen molar-refractivity contribution >= 4 is 41.3 Å². The molecule has 55 heavy (non-hydrogen) atoms. The molecule has 0 aromatic heterocycles. The summed E-state index contributed by atoms with van der Waals surface area (Å²) in [6.07, 6.45) is 2.28. The van der Waals surface area contributed by atoms with E-state index in [4.69, 9.17) is 36.7 Å². The monoisotopic (exact) mass is 864 g/mol. The van der Waals surface area contributed by atoms with E-state index in [-0.39, 0.29) is 19.5 Å². The van der Waals surface area contributed by atoms with Gasteiger partial charge in [0.05, 0.1) is 0 Å². The molecule has 6 aromatic carbocycles. The van der Waals surface area contributed by atoms with Crippen molar-refractivity contribution in [2.75, 3.05) is 0 Å². The fourth-order valence-electron chi connectivity index (χ4n) is 3.52. The van der Waals surface area contributed by atoms with Gasteiger partial charge in [0.2, 0.25) is 0 Å². The second-order valence-electron chi connectivity index (χ2n) is 10.2. The number of rotatable bonds is 14. The second kappa shape index (κ2) is 27.8. The summed E-state index contributed by atoms with van der Waals surface area (Å²) in [5.74, 6) is 3.15. The Morgan fingerprint density at radius 2 is 0.473 bits per heavy atom. The van der Waals surface area contributed by atoms with Crippen LogP contribution >= 0.6 is 17.2 Å². The number of carbonyl (C=O) groups is 2. The quantitative estimate of drug-likeness (QED) is 0.0452. The zero-order chi connectivity index (χ0) is 38.6. The molecule has 0 aliphatic carbocycles. The maximum Gasteiger partial charge on any atom is 2.00 e. The predicted octanol–water partition coefficient (Wildman–Crippen LogP) is 10.3. The number of para-hydroxylation sites is 6. The first-order chi connectivity index (χ1) is 26.3. The van der Waals surface area contributed by atoms with E-state index in [0.717, 1.165) is 26.4 Å². The zero-order valence-electron chi connectivity index (χ0n) is 29.7. The van der Waals surface area contributed by atoms with Gasteiger partial charge in [0.1, 0.15) is 34.5 Å². The Kier molecular flexibility index (Phi) is 23.0. The molecule has 0 atom stereocenters. The van der Waals surface area contributed by atoms with Gasteiger partial charge in [-0.2, -0.15) is 12.6 Å². The van der Waals surface area contributed by atoms with E-state index in [2.05, 4.69) is 0 Å². The Morgan fingerprint density at radius 1 is 0.345 bits per heavy atom. The summed E-state index contributed by atoms with van der Waals surface area (Å²) in [5.41, 5.74) is 0. The van der Waals surface area contributed by atoms with Crippen LogP contribution in [0.15, 0.2) is 182 Å². The van der Waals surface area contributed by atoms with E-state index in [9.17, 15) is 9.59 Å². The smallest absolute Gasteiger partial charge is 0.534 e. The number of hydrogen-bond donors (Lipinski definition) is 0. The Hall–Kier alpha value is -5.72. The van der Waals surface area contributed by atoms with Crippen LogP contribution in [-0.4, -0.2) is 24.1 Å². The normalized spacial score (nSPS) is 9.38. The minimum absolute atomic E-state index is 0. The van der Waals surface area contributed by atoms with E-state index in [1.165, 1.54) is 0 Å². The Labute approximate surface area is 336 Å². The molecule has 0 spiro atoms. The molecule has 0 unspecified atom stereocenters. The van der Waals surface area contributed by atoms with Gasteiger partial charge < -0.3 is 46.3 Å². The molecule has 0 fully saturated rings. The molecule has 0 aliphatic rings. The number of carbonyl (C=O) groups excluding carboxylic acids is 4. The summed E-state index contributed by atoms with van der Waals surface area (Å²) in [6, 6.07) is 57.0. The third kappa shape index (κ3) is 20.9. The Balaban J connectivity index is 0.000000301. The maximum absolute atomic E-state index is 9.39. The largest absolute Gasteiger partial charge is 2.00 e. The summed E-state index contributed by atoms with van der Waals surface area (Å²) >= 11 is 0. The number of hydrogen-bond acceptors (Lipinski definition) is 10. The van der Waals surface area contributed by atoms with Crippen molar-refractivity contribution < 1.29 is 65.8 Å². The zero-order valence-corrected chi connectivity index (χ0v) is 33.2. The molecule has 0 bridgehead atoms. The maximum atomic E-state index is 9.39. The van der Waals surface area contributed by atoms with Gasteiger partial charge in [-0.1, -0.05) is 109 Å². The van der Waals surface area contributed by atoms with Crippen molar-refractivity contribution in [2.45, 2.75) is 13.8 Å². The molecular weight excluding hydrogens is 827 g/mol. The standard InChI is InChI=1S/2C18H15O3P.2C3H3O2.Ru/c2*1-4-10-16(11-5-1)19-22(20-17-12-6-2-7-13-17)21-18-14-8-3-9-15-18;2*1-3(5)2-4;/h2*1-15H;2*1H3;/q;;2*-1;+2. The van der Waals surface area contributed by atoms with Crippen molar-refractivity contribution in [3.05, 3.63) is 182 Å². The van der Waals surface area contributed by atoms with Gasteiger partial charge in [-0.25, -0.2) is 0 Å². The topological polar surface area (TPSA) is 124 Å². The Morgan fingerprint density at radius 3 is 0.582 bits per heavy atom. The summed E-state index contributed by atoms with van der Waals surface area (Å²) in [5, 5.41) is 0. The molecule has 6 rings (SSSR count). The molecule has 0 saturated heterocycles. The fourth-order valence-corrected chi connectivity index (χ4v) is 5.50. The van der Waals surface area contributed by atoms with Gasteiger partial charge in [-0.15, -0.1) is 0 Å². The predicted molar refractivity (Wildman–Crippen MR) is 209 cm³/mol. The SMILES string of the molecule is CC(=O)[C-]=O.CC(=O)[C-]=O.[Ru+2].c1ccc(OP(Oc2ccccc2)Oc2ccccc2)cc1.c1ccc(OP(Oc2ccccc2)Oc2ccccc2)cc1. The van der Waals surface area contributed by atoms with E-state index in [1.54, 1.807) is 0 Å². The summed E-state index contributed by atoms with van der Waals surface area (Å²) < 4.78 is 35.1. The molecule has 0 amide bonds. The van der Waals surface area contributed by atoms with Crippen LogP contribution in [0.2, 0.25) is 0 Å². The minimum atomic E-state index is -1.59. The van der Waals surface area contributed by atoms with E-state index in [0.29, 0.717) is 34.5 Å². The molecule has 0 aliphatic heterocycles. The first-order valence-corrected chi connectivity index (χ1v) is 18.3. The van der Waals surface area contributed by atoms with Crippen LogP contribution < -0.4 is 27.1 Å². The molecule has 282 valence electrons. The van der Waals surface area contributed by atoms with Crippen LogP contribution in [0.1, 0.15) is 13.8 Å². The summed E-state index contributed by atoms with van der Waals surface area (Å²) in [7, 11) is -3.18. The van der Waals surface area contributed by atoms with Crippen molar-refractivity contribution in [1.29, 1.82) is 0 Å². The van der Waals surface area contributed by atoms with Crippen molar-refractivity contribution in [3.8, 4) is 34.5 Å². The van der Waals surface area contributed by atoms with Crippen molar-refractivity contribution in [1.82, 2.24) is 0 Å². The number of Topliss-reactive ketones (excluding diaryl/α,β-unsaturated/α-hetero) is 2. The Bertz CT molecular complexity index is 1570. The van der Waals surface area contributed by atoms with Crippen molar-refractivity contribution in [2.24, 2.45) is 0 Å². The molecule has 0 N–H and O–H groups in total. The van der Waals surface area contributed by atoms with Crippen molar-refractivity contribution in [3.63, 3.8) is 0 Å². The van der Waals surface area contributed by atoms with Gasteiger partial charge in [-0.05, 0) is 86.6 Å². The van der Waals surface area contributed by atoms with Crippen LogP contribution in [0.3, 0.4) is 0 Å². The van der Waals surface area contributed by atoms with Gasteiger partial charge in [0.25, 0.3) is 0 Å². The third-order valence-corrected chi connectivity index (χ3v) is 7.99. The minimum Gasteiger partial charge on any atom is -0.534 e. The first-order valence-electron chi connectivity index (χ1n) is 16.1. The molecule has 13 heteroatoms. The fraction of sp³-hybridized carbons (Fsp3) is 0.0476. The molecule has 0 heterocycles. The molecule has 6 aromatic rings. The van der Waals surface area contributed by atoms with Crippen LogP contribution in [0.5, 0.6) is 34.5 Å². The average molecular weight is 864 g/mol. The van der Waals surface area contributed by atoms with Crippen LogP contribution in [-0.2, 0) is 38.7 Å². The van der Waals surface area contributed by atoms with E-state index >= 15 is 0 Å². The molecule has 0 saturated carbocycles. The first kappa shape index (κ1) is 45.4. The molecular formula is C42H36O10P2Ru. The van der Waals surface area contributed by atoms with Gasteiger partial charge in [-0.3, -0.25) is 0 Å². The second-order valence-corrected chi connectivity index (χ2v) is 12.2.